The van der Waals surface area contributed by atoms with E-state index in [4.69, 9.17) is 4.74 Å². The molecule has 2 aromatic rings. The molecule has 2 amide bonds. The van der Waals surface area contributed by atoms with Crippen LogP contribution < -0.4 is 10.1 Å². The molecule has 0 aromatic heterocycles. The summed E-state index contributed by atoms with van der Waals surface area (Å²) < 4.78 is 5.17. The van der Waals surface area contributed by atoms with E-state index in [0.717, 1.165) is 22.4 Å². The Morgan fingerprint density at radius 2 is 1.71 bits per heavy atom. The van der Waals surface area contributed by atoms with Crippen molar-refractivity contribution in [2.24, 2.45) is 0 Å². The molecule has 28 heavy (non-hydrogen) atoms. The summed E-state index contributed by atoms with van der Waals surface area (Å²) in [5.41, 5.74) is 3.02. The van der Waals surface area contributed by atoms with Crippen LogP contribution in [0.3, 0.4) is 0 Å². The number of aryl methyl sites for hydroxylation is 1. The molecule has 5 heteroatoms. The first-order valence-electron chi connectivity index (χ1n) is 9.58. The van der Waals surface area contributed by atoms with E-state index < -0.39 is 6.04 Å². The number of hydrogen-bond donors (Lipinski definition) is 1. The molecule has 0 saturated carbocycles. The summed E-state index contributed by atoms with van der Waals surface area (Å²) in [5, 5.41) is 2.90. The number of rotatable bonds is 8. The van der Waals surface area contributed by atoms with Crippen LogP contribution in [0.15, 0.2) is 48.5 Å². The number of ether oxygens (including phenoxy) is 1. The third-order valence-corrected chi connectivity index (χ3v) is 4.55. The highest BCUT2D eigenvalue weighted by Crippen LogP contribution is 2.16. The van der Waals surface area contributed by atoms with Crippen molar-refractivity contribution < 1.29 is 14.3 Å². The van der Waals surface area contributed by atoms with Gasteiger partial charge in [0.25, 0.3) is 0 Å². The molecule has 1 N–H and O–H groups in total. The molecule has 150 valence electrons. The van der Waals surface area contributed by atoms with Crippen molar-refractivity contribution in [1.82, 2.24) is 10.2 Å². The number of methoxy groups -OCH3 is 1. The molecule has 0 aliphatic carbocycles. The lowest BCUT2D eigenvalue weighted by atomic mass is 10.1. The summed E-state index contributed by atoms with van der Waals surface area (Å²) in [6.07, 6.45) is 0.231. The van der Waals surface area contributed by atoms with Gasteiger partial charge in [-0.25, -0.2) is 0 Å². The number of nitrogens with one attached hydrogen (secondary N) is 1. The second-order valence-corrected chi connectivity index (χ2v) is 7.37. The lowest BCUT2D eigenvalue weighted by molar-refractivity contribution is -0.140. The Morgan fingerprint density at radius 3 is 2.29 bits per heavy atom. The Bertz CT molecular complexity index is 800. The maximum atomic E-state index is 13.1. The van der Waals surface area contributed by atoms with Crippen molar-refractivity contribution in [3.8, 4) is 5.75 Å². The lowest BCUT2D eigenvalue weighted by Gasteiger charge is -2.29. The van der Waals surface area contributed by atoms with Gasteiger partial charge >= 0.3 is 0 Å². The summed E-state index contributed by atoms with van der Waals surface area (Å²) in [4.78, 5) is 27.3. The van der Waals surface area contributed by atoms with Crippen LogP contribution in [0, 0.1) is 6.92 Å². The molecule has 1 atom stereocenters. The van der Waals surface area contributed by atoms with Gasteiger partial charge in [-0.15, -0.1) is 0 Å². The van der Waals surface area contributed by atoms with Crippen LogP contribution in [0.5, 0.6) is 5.75 Å². The maximum absolute atomic E-state index is 13.1. The molecular formula is C23H30N2O3. The van der Waals surface area contributed by atoms with E-state index in [2.05, 4.69) is 5.32 Å². The Labute approximate surface area is 167 Å². The summed E-state index contributed by atoms with van der Waals surface area (Å²) in [7, 11) is 1.61. The number of carbonyl (C=O) groups is 2. The van der Waals surface area contributed by atoms with Crippen LogP contribution in [-0.4, -0.2) is 35.9 Å². The molecule has 2 aromatic carbocycles. The van der Waals surface area contributed by atoms with Gasteiger partial charge in [0.1, 0.15) is 11.8 Å². The van der Waals surface area contributed by atoms with Gasteiger partial charge < -0.3 is 15.0 Å². The Balaban J connectivity index is 2.22. The van der Waals surface area contributed by atoms with Gasteiger partial charge in [0.05, 0.1) is 13.5 Å². The van der Waals surface area contributed by atoms with Crippen molar-refractivity contribution in [2.45, 2.75) is 52.7 Å². The average molecular weight is 383 g/mol. The third kappa shape index (κ3) is 6.12. The van der Waals surface area contributed by atoms with E-state index in [-0.39, 0.29) is 24.3 Å². The average Bonchev–Trinajstić information content (AvgIpc) is 2.65. The molecule has 0 radical (unpaired) electrons. The number of hydrogen-bond acceptors (Lipinski definition) is 3. The third-order valence-electron chi connectivity index (χ3n) is 4.55. The molecule has 0 spiro atoms. The van der Waals surface area contributed by atoms with Crippen LogP contribution in [0.2, 0.25) is 0 Å². The van der Waals surface area contributed by atoms with Gasteiger partial charge in [-0.3, -0.25) is 9.59 Å². The summed E-state index contributed by atoms with van der Waals surface area (Å²) >= 11 is 0. The van der Waals surface area contributed by atoms with Crippen molar-refractivity contribution in [1.29, 1.82) is 0 Å². The smallest absolute Gasteiger partial charge is 0.242 e. The molecule has 5 nitrogen and oxygen atoms in total. The van der Waals surface area contributed by atoms with Crippen molar-refractivity contribution in [3.63, 3.8) is 0 Å². The molecule has 0 unspecified atom stereocenters. The predicted octanol–water partition coefficient (Wildman–Crippen LogP) is 3.49. The molecule has 0 fully saturated rings. The minimum absolute atomic E-state index is 0.0208. The predicted molar refractivity (Wildman–Crippen MR) is 111 cm³/mol. The van der Waals surface area contributed by atoms with Gasteiger partial charge in [-0.2, -0.15) is 0 Å². The molecule has 0 heterocycles. The van der Waals surface area contributed by atoms with Gasteiger partial charge in [0.2, 0.25) is 11.8 Å². The van der Waals surface area contributed by atoms with E-state index in [1.165, 1.54) is 0 Å². The molecule has 0 bridgehead atoms. The van der Waals surface area contributed by atoms with Crippen LogP contribution in [-0.2, 0) is 22.6 Å². The largest absolute Gasteiger partial charge is 0.497 e. The quantitative estimate of drug-likeness (QED) is 0.760. The molecular weight excluding hydrogens is 352 g/mol. The zero-order chi connectivity index (χ0) is 20.7. The first-order chi connectivity index (χ1) is 13.3. The summed E-state index contributed by atoms with van der Waals surface area (Å²) in [5.74, 6) is 0.515. The lowest BCUT2D eigenvalue weighted by Crippen LogP contribution is -2.49. The van der Waals surface area contributed by atoms with Crippen LogP contribution in [0.1, 0.15) is 37.5 Å². The minimum atomic E-state index is -0.561. The number of carbonyl (C=O) groups excluding carboxylic acids is 2. The van der Waals surface area contributed by atoms with Gasteiger partial charge in [-0.1, -0.05) is 42.0 Å². The highest BCUT2D eigenvalue weighted by Gasteiger charge is 2.26. The fraction of sp³-hybridized carbons (Fsp3) is 0.391. The Morgan fingerprint density at radius 1 is 1.04 bits per heavy atom. The van der Waals surface area contributed by atoms with Crippen molar-refractivity contribution >= 4 is 11.8 Å². The summed E-state index contributed by atoms with van der Waals surface area (Å²) in [6.45, 7) is 8.01. The first kappa shape index (κ1) is 21.5. The van der Waals surface area contributed by atoms with Gasteiger partial charge in [0, 0.05) is 12.6 Å². The molecule has 0 saturated heterocycles. The van der Waals surface area contributed by atoms with E-state index >= 15 is 0 Å². The van der Waals surface area contributed by atoms with E-state index in [1.54, 1.807) is 18.9 Å². The van der Waals surface area contributed by atoms with Crippen LogP contribution in [0.4, 0.5) is 0 Å². The maximum Gasteiger partial charge on any atom is 0.242 e. The first-order valence-corrected chi connectivity index (χ1v) is 9.58. The highest BCUT2D eigenvalue weighted by atomic mass is 16.5. The zero-order valence-corrected chi connectivity index (χ0v) is 17.4. The van der Waals surface area contributed by atoms with E-state index in [0.29, 0.717) is 6.54 Å². The topological polar surface area (TPSA) is 58.6 Å². The number of benzene rings is 2. The molecule has 0 aliphatic rings. The van der Waals surface area contributed by atoms with Crippen LogP contribution in [0.25, 0.3) is 0 Å². The molecule has 0 aliphatic heterocycles. The second kappa shape index (κ2) is 9.93. The normalized spacial score (nSPS) is 11.8. The highest BCUT2D eigenvalue weighted by molar-refractivity contribution is 5.88. The number of nitrogens with zero attached hydrogens (tertiary/aromatic N) is 1. The Hall–Kier alpha value is -2.82. The fourth-order valence-electron chi connectivity index (χ4n) is 3.01. The van der Waals surface area contributed by atoms with E-state index in [9.17, 15) is 9.59 Å². The number of amides is 2. The van der Waals surface area contributed by atoms with Gasteiger partial charge in [0.15, 0.2) is 0 Å². The Kier molecular flexibility index (Phi) is 7.61. The van der Waals surface area contributed by atoms with E-state index in [1.807, 2.05) is 69.3 Å². The SMILES string of the molecule is COc1ccc(CC(=O)N(Cc2cccc(C)c2)[C@@H](C)C(=O)NC(C)C)cc1. The summed E-state index contributed by atoms with van der Waals surface area (Å²) in [6, 6.07) is 14.9. The monoisotopic (exact) mass is 382 g/mol. The minimum Gasteiger partial charge on any atom is -0.497 e. The van der Waals surface area contributed by atoms with Crippen LogP contribution >= 0.6 is 0 Å². The van der Waals surface area contributed by atoms with Crippen molar-refractivity contribution in [2.75, 3.05) is 7.11 Å². The fourth-order valence-corrected chi connectivity index (χ4v) is 3.01. The zero-order valence-electron chi connectivity index (χ0n) is 17.4. The molecule has 2 rings (SSSR count). The second-order valence-electron chi connectivity index (χ2n) is 7.37. The van der Waals surface area contributed by atoms with Gasteiger partial charge in [-0.05, 0) is 51.0 Å². The standard InChI is InChI=1S/C23H30N2O3/c1-16(2)24-23(27)18(4)25(15-20-8-6-7-17(3)13-20)22(26)14-19-9-11-21(28-5)12-10-19/h6-13,16,18H,14-15H2,1-5H3,(H,24,27)/t18-/m0/s1. The van der Waals surface area contributed by atoms with Crippen molar-refractivity contribution in [3.05, 3.63) is 65.2 Å².